The number of hydrogen-bond donors (Lipinski definition) is 4. The van der Waals surface area contributed by atoms with Crippen molar-refractivity contribution in [3.05, 3.63) is 99.1 Å². The molecule has 0 bridgehead atoms. The maximum absolute atomic E-state index is 13.9. The third-order valence-electron chi connectivity index (χ3n) is 7.31. The molecular formula is C32H27NO7. The Morgan fingerprint density at radius 2 is 1.18 bits per heavy atom. The van der Waals surface area contributed by atoms with E-state index < -0.39 is 28.8 Å². The lowest BCUT2D eigenvalue weighted by molar-refractivity contribution is 0.0651. The first-order chi connectivity index (χ1) is 18.9. The van der Waals surface area contributed by atoms with E-state index >= 15 is 0 Å². The van der Waals surface area contributed by atoms with Crippen molar-refractivity contribution in [1.82, 2.24) is 0 Å². The molecule has 4 aromatic rings. The predicted octanol–water partition coefficient (Wildman–Crippen LogP) is 6.61. The number of nitrogens with zero attached hydrogens (tertiary/aromatic N) is 1. The Morgan fingerprint density at radius 1 is 0.700 bits per heavy atom. The first-order valence-corrected chi connectivity index (χ1v) is 12.8. The van der Waals surface area contributed by atoms with Crippen LogP contribution in [0.2, 0.25) is 0 Å². The topological polar surface area (TPSA) is 144 Å². The molecule has 40 heavy (non-hydrogen) atoms. The molecule has 1 aliphatic carbocycles. The maximum Gasteiger partial charge on any atom is 0.336 e. The van der Waals surface area contributed by atoms with Crippen LogP contribution in [0, 0.1) is 0 Å². The molecule has 1 aliphatic rings. The summed E-state index contributed by atoms with van der Waals surface area (Å²) in [5, 5.41) is 43.0. The predicted molar refractivity (Wildman–Crippen MR) is 151 cm³/mol. The molecule has 8 heteroatoms. The van der Waals surface area contributed by atoms with E-state index in [1.807, 2.05) is 45.9 Å². The van der Waals surface area contributed by atoms with Gasteiger partial charge in [0.1, 0.15) is 11.5 Å². The van der Waals surface area contributed by atoms with Crippen molar-refractivity contribution in [3.8, 4) is 11.5 Å². The molecule has 202 valence electrons. The second-order valence-corrected chi connectivity index (χ2v) is 10.4. The number of aromatic hydroxyl groups is 2. The monoisotopic (exact) mass is 537 g/mol. The van der Waals surface area contributed by atoms with Crippen LogP contribution >= 0.6 is 0 Å². The minimum Gasteiger partial charge on any atom is -0.507 e. The lowest BCUT2D eigenvalue weighted by Gasteiger charge is -2.26. The van der Waals surface area contributed by atoms with Gasteiger partial charge in [-0.25, -0.2) is 14.6 Å². The van der Waals surface area contributed by atoms with Crippen LogP contribution in [-0.2, 0) is 0 Å². The Balaban J connectivity index is 2.01. The summed E-state index contributed by atoms with van der Waals surface area (Å²) in [5.41, 5.74) is 1.00. The Bertz CT molecular complexity index is 1770. The first-order valence-electron chi connectivity index (χ1n) is 12.8. The number of rotatable bonds is 5. The maximum atomic E-state index is 13.9. The van der Waals surface area contributed by atoms with E-state index in [9.17, 15) is 34.8 Å². The number of ketones is 1. The van der Waals surface area contributed by atoms with Crippen molar-refractivity contribution in [2.75, 3.05) is 0 Å². The number of hydrogen-bond acceptors (Lipinski definition) is 6. The number of carbonyl (C=O) groups excluding carboxylic acids is 1. The fourth-order valence-corrected chi connectivity index (χ4v) is 5.33. The lowest BCUT2D eigenvalue weighted by Crippen LogP contribution is -2.24. The number of carbonyl (C=O) groups is 3. The van der Waals surface area contributed by atoms with Gasteiger partial charge in [-0.2, -0.15) is 0 Å². The summed E-state index contributed by atoms with van der Waals surface area (Å²) in [6, 6.07) is 14.4. The molecule has 0 aliphatic heterocycles. The van der Waals surface area contributed by atoms with Crippen LogP contribution in [0.3, 0.4) is 0 Å². The van der Waals surface area contributed by atoms with Crippen molar-refractivity contribution in [1.29, 1.82) is 0 Å². The molecule has 8 nitrogen and oxygen atoms in total. The lowest BCUT2D eigenvalue weighted by atomic mass is 9.79. The van der Waals surface area contributed by atoms with Gasteiger partial charge in [0.25, 0.3) is 0 Å². The van der Waals surface area contributed by atoms with Crippen LogP contribution in [0.4, 0.5) is 5.69 Å². The zero-order valence-electron chi connectivity index (χ0n) is 22.3. The molecule has 4 N–H and O–H groups in total. The average molecular weight is 538 g/mol. The van der Waals surface area contributed by atoms with Crippen molar-refractivity contribution in [3.63, 3.8) is 0 Å². The largest absolute Gasteiger partial charge is 0.507 e. The molecule has 0 fully saturated rings. The number of aromatic carboxylic acids is 2. The Morgan fingerprint density at radius 3 is 1.65 bits per heavy atom. The van der Waals surface area contributed by atoms with Crippen molar-refractivity contribution < 1.29 is 34.8 Å². The van der Waals surface area contributed by atoms with Crippen molar-refractivity contribution in [2.45, 2.75) is 39.5 Å². The van der Waals surface area contributed by atoms with Crippen LogP contribution in [0.1, 0.15) is 98.4 Å². The van der Waals surface area contributed by atoms with Gasteiger partial charge in [-0.05, 0) is 35.1 Å². The summed E-state index contributed by atoms with van der Waals surface area (Å²) in [6.45, 7) is 8.03. The second kappa shape index (κ2) is 9.64. The van der Waals surface area contributed by atoms with E-state index in [1.165, 1.54) is 0 Å². The summed E-state index contributed by atoms with van der Waals surface area (Å²) in [4.78, 5) is 43.0. The highest BCUT2D eigenvalue weighted by Crippen LogP contribution is 2.46. The highest BCUT2D eigenvalue weighted by Gasteiger charge is 2.37. The average Bonchev–Trinajstić information content (AvgIpc) is 2.92. The Hall–Kier alpha value is -4.98. The van der Waals surface area contributed by atoms with Gasteiger partial charge >= 0.3 is 11.9 Å². The quantitative estimate of drug-likeness (QED) is 0.185. The fraction of sp³-hybridized carbons (Fsp3) is 0.188. The van der Waals surface area contributed by atoms with Gasteiger partial charge in [0.15, 0.2) is 5.78 Å². The summed E-state index contributed by atoms with van der Waals surface area (Å²) in [6.07, 6.45) is 0. The minimum atomic E-state index is -1.52. The van der Waals surface area contributed by atoms with Crippen molar-refractivity contribution in [2.24, 2.45) is 4.99 Å². The minimum absolute atomic E-state index is 0.0404. The normalized spacial score (nSPS) is 13.7. The zero-order valence-corrected chi connectivity index (χ0v) is 22.3. The van der Waals surface area contributed by atoms with Gasteiger partial charge in [0, 0.05) is 21.9 Å². The standard InChI is InChI=1S/C32H27NO7/c1-14(2)16-10-7-11-17(15(3)4)26(16)33-27-20-12-22(31(37)38)23(32(39)40)13-21(20)30(36)25-24(27)28(34)18-8-5-6-9-19(18)29(25)35/h5-15,34-35H,1-4H3,(H,37,38)(H,39,40). The molecule has 5 rings (SSSR count). The van der Waals surface area contributed by atoms with E-state index in [0.29, 0.717) is 5.69 Å². The number of fused-ring (bicyclic) bond motifs is 3. The van der Waals surface area contributed by atoms with Gasteiger partial charge in [-0.15, -0.1) is 0 Å². The van der Waals surface area contributed by atoms with Gasteiger partial charge in [0.05, 0.1) is 33.7 Å². The molecular weight excluding hydrogens is 510 g/mol. The van der Waals surface area contributed by atoms with Crippen LogP contribution in [0.15, 0.2) is 59.6 Å². The van der Waals surface area contributed by atoms with E-state index in [-0.39, 0.29) is 62.1 Å². The number of carboxylic acid groups (broad SMARTS) is 2. The Labute approximate surface area is 229 Å². The van der Waals surface area contributed by atoms with Crippen LogP contribution in [0.5, 0.6) is 11.5 Å². The molecule has 4 aromatic carbocycles. The molecule has 0 radical (unpaired) electrons. The summed E-state index contributed by atoms with van der Waals surface area (Å²) >= 11 is 0. The van der Waals surface area contributed by atoms with Gasteiger partial charge in [-0.1, -0.05) is 70.2 Å². The molecule has 0 aromatic heterocycles. The molecule has 0 heterocycles. The highest BCUT2D eigenvalue weighted by atomic mass is 16.4. The molecule has 0 saturated carbocycles. The van der Waals surface area contributed by atoms with Gasteiger partial charge < -0.3 is 20.4 Å². The van der Waals surface area contributed by atoms with E-state index in [1.54, 1.807) is 24.3 Å². The number of phenolic OH excluding ortho intramolecular Hbond substituents is 2. The van der Waals surface area contributed by atoms with Crippen LogP contribution < -0.4 is 0 Å². The Kier molecular flexibility index (Phi) is 6.42. The summed E-state index contributed by atoms with van der Waals surface area (Å²) in [7, 11) is 0. The zero-order chi connectivity index (χ0) is 29.0. The third-order valence-corrected chi connectivity index (χ3v) is 7.31. The SMILES string of the molecule is CC(C)c1cccc(C(C)C)c1N=C1c2cc(C(=O)O)c(C(=O)O)cc2C(=O)c2c1c(O)c1ccccc1c2O. The third kappa shape index (κ3) is 4.00. The second-order valence-electron chi connectivity index (χ2n) is 10.4. The summed E-state index contributed by atoms with van der Waals surface area (Å²) in [5.74, 6) is -4.35. The number of phenols is 2. The number of benzene rings is 4. The molecule has 0 spiro atoms. The number of para-hydroxylation sites is 1. The fourth-order valence-electron chi connectivity index (χ4n) is 5.33. The number of carboxylic acids is 2. The van der Waals surface area contributed by atoms with Crippen molar-refractivity contribution >= 4 is 39.9 Å². The van der Waals surface area contributed by atoms with Gasteiger partial charge in [-0.3, -0.25) is 4.79 Å². The van der Waals surface area contributed by atoms with Gasteiger partial charge in [0.2, 0.25) is 0 Å². The highest BCUT2D eigenvalue weighted by molar-refractivity contribution is 6.35. The number of aliphatic imine (C=N–C) groups is 1. The van der Waals surface area contributed by atoms with Crippen LogP contribution in [0.25, 0.3) is 10.8 Å². The van der Waals surface area contributed by atoms with E-state index in [4.69, 9.17) is 4.99 Å². The molecule has 0 unspecified atom stereocenters. The smallest absolute Gasteiger partial charge is 0.336 e. The molecule has 0 amide bonds. The molecule has 0 saturated heterocycles. The molecule has 0 atom stereocenters. The van der Waals surface area contributed by atoms with E-state index in [0.717, 1.165) is 23.3 Å². The summed E-state index contributed by atoms with van der Waals surface area (Å²) < 4.78 is 0. The van der Waals surface area contributed by atoms with E-state index in [2.05, 4.69) is 0 Å². The van der Waals surface area contributed by atoms with Crippen LogP contribution in [-0.4, -0.2) is 43.9 Å². The first kappa shape index (κ1) is 26.6.